The van der Waals surface area contributed by atoms with Crippen molar-refractivity contribution in [2.24, 2.45) is 0 Å². The molecule has 1 atom stereocenters. The Morgan fingerprint density at radius 1 is 1.15 bits per heavy atom. The number of sulfone groups is 1. The Morgan fingerprint density at radius 3 is 2.12 bits per heavy atom. The van der Waals surface area contributed by atoms with Gasteiger partial charge in [0.05, 0.1) is 5.75 Å². The van der Waals surface area contributed by atoms with E-state index in [1.807, 2.05) is 13.8 Å². The summed E-state index contributed by atoms with van der Waals surface area (Å²) < 4.78 is 25.7. The molecule has 2 rings (SSSR count). The van der Waals surface area contributed by atoms with Crippen LogP contribution in [0.15, 0.2) is 12.1 Å². The van der Waals surface area contributed by atoms with Gasteiger partial charge in [-0.3, -0.25) is 4.79 Å². The number of benzene rings is 1. The van der Waals surface area contributed by atoms with Crippen molar-refractivity contribution in [3.8, 4) is 0 Å². The molecule has 1 fully saturated rings. The van der Waals surface area contributed by atoms with E-state index in [4.69, 9.17) is 0 Å². The lowest BCUT2D eigenvalue weighted by Crippen LogP contribution is -2.42. The summed E-state index contributed by atoms with van der Waals surface area (Å²) in [5.41, 5.74) is 3.98. The van der Waals surface area contributed by atoms with Gasteiger partial charge in [-0.2, -0.15) is 0 Å². The van der Waals surface area contributed by atoms with Gasteiger partial charge < -0.3 is 5.32 Å². The van der Waals surface area contributed by atoms with Gasteiger partial charge in [-0.1, -0.05) is 45.7 Å². The highest BCUT2D eigenvalue weighted by Crippen LogP contribution is 2.28. The van der Waals surface area contributed by atoms with Crippen molar-refractivity contribution in [3.05, 3.63) is 34.4 Å². The number of carbonyl (C=O) groups excluding carboxylic acids is 1. The summed E-state index contributed by atoms with van der Waals surface area (Å²) in [5.74, 6) is -0.451. The molecule has 146 valence electrons. The summed E-state index contributed by atoms with van der Waals surface area (Å²) in [6.45, 7) is 11.9. The number of hydrogen-bond acceptors (Lipinski definition) is 3. The topological polar surface area (TPSA) is 63.2 Å². The summed E-state index contributed by atoms with van der Waals surface area (Å²) in [6, 6.07) is 4.28. The standard InChI is InChI=1S/C21H33NO3S/c1-14-11-17(21(4,5)6)12-15(2)19(14)13-26(24,25)16(3)20(23)22-18-9-7-8-10-18/h11-12,16,18H,7-10,13H2,1-6H3,(H,22,23)/t16-/m1/s1. The lowest BCUT2D eigenvalue weighted by Gasteiger charge is -2.23. The Bertz CT molecular complexity index is 746. The van der Waals surface area contributed by atoms with E-state index in [0.29, 0.717) is 0 Å². The second kappa shape index (κ2) is 7.71. The second-order valence-electron chi connectivity index (χ2n) is 8.78. The lowest BCUT2D eigenvalue weighted by atomic mass is 9.84. The van der Waals surface area contributed by atoms with Crippen LogP contribution in [0.2, 0.25) is 0 Å². The minimum absolute atomic E-state index is 0.0153. The molecule has 0 aromatic heterocycles. The Kier molecular flexibility index (Phi) is 6.21. The summed E-state index contributed by atoms with van der Waals surface area (Å²) in [7, 11) is -3.56. The van der Waals surface area contributed by atoms with E-state index in [1.54, 1.807) is 0 Å². The summed E-state index contributed by atoms with van der Waals surface area (Å²) >= 11 is 0. The van der Waals surface area contributed by atoms with Gasteiger partial charge in [0.1, 0.15) is 5.25 Å². The Labute approximate surface area is 158 Å². The zero-order chi connectivity index (χ0) is 19.7. The van der Waals surface area contributed by atoms with Crippen LogP contribution in [0.3, 0.4) is 0 Å². The molecule has 0 radical (unpaired) electrons. The molecule has 1 aliphatic rings. The first-order valence-corrected chi connectivity index (χ1v) is 11.3. The van der Waals surface area contributed by atoms with Crippen LogP contribution in [0, 0.1) is 13.8 Å². The minimum atomic E-state index is -3.56. The average molecular weight is 380 g/mol. The number of aryl methyl sites for hydroxylation is 2. The van der Waals surface area contributed by atoms with Crippen LogP contribution in [0.5, 0.6) is 0 Å². The normalized spacial score (nSPS) is 17.3. The number of nitrogens with one attached hydrogen (secondary N) is 1. The molecule has 5 heteroatoms. The Morgan fingerprint density at radius 2 is 1.65 bits per heavy atom. The average Bonchev–Trinajstić information content (AvgIpc) is 3.01. The van der Waals surface area contributed by atoms with Crippen molar-refractivity contribution >= 4 is 15.7 Å². The maximum atomic E-state index is 12.8. The van der Waals surface area contributed by atoms with E-state index in [2.05, 4.69) is 38.2 Å². The highest BCUT2D eigenvalue weighted by atomic mass is 32.2. The molecule has 1 aromatic carbocycles. The first-order valence-electron chi connectivity index (χ1n) is 9.54. The quantitative estimate of drug-likeness (QED) is 0.842. The number of carbonyl (C=O) groups is 1. The van der Waals surface area contributed by atoms with Crippen LogP contribution in [0.4, 0.5) is 0 Å². The van der Waals surface area contributed by atoms with Gasteiger partial charge in [0.15, 0.2) is 9.84 Å². The molecule has 26 heavy (non-hydrogen) atoms. The Balaban J connectivity index is 2.19. The van der Waals surface area contributed by atoms with Crippen molar-refractivity contribution < 1.29 is 13.2 Å². The van der Waals surface area contributed by atoms with E-state index in [0.717, 1.165) is 42.4 Å². The molecule has 0 aliphatic heterocycles. The van der Waals surface area contributed by atoms with Crippen molar-refractivity contribution in [1.29, 1.82) is 0 Å². The van der Waals surface area contributed by atoms with Gasteiger partial charge in [-0.25, -0.2) is 8.42 Å². The van der Waals surface area contributed by atoms with Gasteiger partial charge in [0.25, 0.3) is 0 Å². The van der Waals surface area contributed by atoms with Crippen LogP contribution < -0.4 is 5.32 Å². The molecule has 0 heterocycles. The van der Waals surface area contributed by atoms with Crippen LogP contribution in [0.1, 0.15) is 75.6 Å². The monoisotopic (exact) mass is 379 g/mol. The maximum absolute atomic E-state index is 12.8. The number of rotatable bonds is 5. The molecule has 0 spiro atoms. The molecule has 1 aliphatic carbocycles. The molecule has 1 N–H and O–H groups in total. The van der Waals surface area contributed by atoms with Gasteiger partial charge in [-0.05, 0) is 61.3 Å². The van der Waals surface area contributed by atoms with E-state index in [-0.39, 0.29) is 23.1 Å². The fourth-order valence-corrected chi connectivity index (χ4v) is 5.03. The highest BCUT2D eigenvalue weighted by Gasteiger charge is 2.31. The van der Waals surface area contributed by atoms with Crippen LogP contribution in [0.25, 0.3) is 0 Å². The van der Waals surface area contributed by atoms with E-state index < -0.39 is 15.1 Å². The molecule has 1 saturated carbocycles. The predicted octanol–water partition coefficient (Wildman–Crippen LogP) is 3.96. The Hall–Kier alpha value is -1.36. The summed E-state index contributed by atoms with van der Waals surface area (Å²) in [4.78, 5) is 12.4. The first-order chi connectivity index (χ1) is 11.9. The van der Waals surface area contributed by atoms with Gasteiger partial charge >= 0.3 is 0 Å². The number of hydrogen-bond donors (Lipinski definition) is 1. The fourth-order valence-electron chi connectivity index (χ4n) is 3.53. The van der Waals surface area contributed by atoms with Crippen molar-refractivity contribution in [2.75, 3.05) is 0 Å². The molecule has 0 unspecified atom stereocenters. The summed E-state index contributed by atoms with van der Waals surface area (Å²) in [6.07, 6.45) is 4.10. The van der Waals surface area contributed by atoms with E-state index >= 15 is 0 Å². The maximum Gasteiger partial charge on any atom is 0.238 e. The van der Waals surface area contributed by atoms with Crippen molar-refractivity contribution in [1.82, 2.24) is 5.32 Å². The smallest absolute Gasteiger partial charge is 0.238 e. The van der Waals surface area contributed by atoms with Crippen LogP contribution in [-0.2, 0) is 25.8 Å². The molecule has 1 amide bonds. The highest BCUT2D eigenvalue weighted by molar-refractivity contribution is 7.92. The first kappa shape index (κ1) is 20.9. The van der Waals surface area contributed by atoms with Gasteiger partial charge in [-0.15, -0.1) is 0 Å². The van der Waals surface area contributed by atoms with Crippen molar-refractivity contribution in [3.63, 3.8) is 0 Å². The predicted molar refractivity (Wildman–Crippen MR) is 107 cm³/mol. The second-order valence-corrected chi connectivity index (χ2v) is 11.1. The third kappa shape index (κ3) is 4.87. The molecular weight excluding hydrogens is 346 g/mol. The molecular formula is C21H33NO3S. The van der Waals surface area contributed by atoms with E-state index in [1.165, 1.54) is 12.5 Å². The minimum Gasteiger partial charge on any atom is -0.352 e. The SMILES string of the molecule is Cc1cc(C(C)(C)C)cc(C)c1CS(=O)(=O)[C@H](C)C(=O)NC1CCCC1. The van der Waals surface area contributed by atoms with Gasteiger partial charge in [0.2, 0.25) is 5.91 Å². The molecule has 4 nitrogen and oxygen atoms in total. The van der Waals surface area contributed by atoms with Crippen LogP contribution in [-0.4, -0.2) is 25.6 Å². The van der Waals surface area contributed by atoms with Gasteiger partial charge in [0, 0.05) is 6.04 Å². The largest absolute Gasteiger partial charge is 0.352 e. The zero-order valence-electron chi connectivity index (χ0n) is 17.0. The number of amides is 1. The van der Waals surface area contributed by atoms with E-state index in [9.17, 15) is 13.2 Å². The molecule has 0 bridgehead atoms. The molecule has 1 aromatic rings. The third-order valence-electron chi connectivity index (χ3n) is 5.52. The lowest BCUT2D eigenvalue weighted by molar-refractivity contribution is -0.121. The summed E-state index contributed by atoms with van der Waals surface area (Å²) in [5, 5.41) is 1.89. The van der Waals surface area contributed by atoms with Crippen LogP contribution >= 0.6 is 0 Å². The molecule has 0 saturated heterocycles. The zero-order valence-corrected chi connectivity index (χ0v) is 17.8. The fraction of sp³-hybridized carbons (Fsp3) is 0.667. The van der Waals surface area contributed by atoms with Crippen molar-refractivity contribution in [2.45, 2.75) is 89.7 Å². The third-order valence-corrected chi connectivity index (χ3v) is 7.50.